The number of fused-ring (bicyclic) bond motifs is 2. The van der Waals surface area contributed by atoms with Gasteiger partial charge in [0.1, 0.15) is 22.4 Å². The van der Waals surface area contributed by atoms with E-state index in [1.165, 1.54) is 0 Å². The van der Waals surface area contributed by atoms with Crippen LogP contribution in [0.15, 0.2) is 41.2 Å². The zero-order valence-corrected chi connectivity index (χ0v) is 17.2. The van der Waals surface area contributed by atoms with Crippen molar-refractivity contribution in [3.8, 4) is 0 Å². The van der Waals surface area contributed by atoms with Crippen LogP contribution in [0.4, 0.5) is 24.7 Å². The first kappa shape index (κ1) is 20.4. The van der Waals surface area contributed by atoms with Gasteiger partial charge in [-0.2, -0.15) is 13.2 Å². The first-order chi connectivity index (χ1) is 15.4. The van der Waals surface area contributed by atoms with Crippen LogP contribution in [0.5, 0.6) is 0 Å². The summed E-state index contributed by atoms with van der Waals surface area (Å²) >= 11 is 0. The summed E-state index contributed by atoms with van der Waals surface area (Å²) in [6, 6.07) is 7.47. The average molecular weight is 443 g/mol. The highest BCUT2D eigenvalue weighted by Gasteiger charge is 2.32. The van der Waals surface area contributed by atoms with E-state index in [1.54, 1.807) is 18.3 Å². The molecule has 0 amide bonds. The highest BCUT2D eigenvalue weighted by atomic mass is 19.4. The standard InChI is InChI=1S/C21H20F3N7O/c1-30-5-7-31(8-6-30)18-12-26-17-10-14(21(22,23)24)9-16(20(17)27-18)25-11-13-3-2-4-15-19(13)29-32-28-15/h2-4,9-10,12,25H,5-8,11H2,1H3. The molecule has 1 fully saturated rings. The summed E-state index contributed by atoms with van der Waals surface area (Å²) in [5.74, 6) is 0.649. The third-order valence-electron chi connectivity index (χ3n) is 5.63. The van der Waals surface area contributed by atoms with Crippen molar-refractivity contribution in [2.75, 3.05) is 43.4 Å². The van der Waals surface area contributed by atoms with Crippen LogP contribution in [0, 0.1) is 0 Å². The predicted molar refractivity (Wildman–Crippen MR) is 113 cm³/mol. The van der Waals surface area contributed by atoms with E-state index in [0.29, 0.717) is 22.4 Å². The van der Waals surface area contributed by atoms with Gasteiger partial charge in [-0.3, -0.25) is 4.98 Å². The Morgan fingerprint density at radius 1 is 1.03 bits per heavy atom. The maximum atomic E-state index is 13.5. The third-order valence-corrected chi connectivity index (χ3v) is 5.63. The molecular weight excluding hydrogens is 423 g/mol. The Balaban J connectivity index is 1.53. The molecule has 0 aliphatic carbocycles. The van der Waals surface area contributed by atoms with Crippen LogP contribution >= 0.6 is 0 Å². The molecule has 1 aliphatic rings. The minimum absolute atomic E-state index is 0.182. The second kappa shape index (κ2) is 7.90. The van der Waals surface area contributed by atoms with E-state index in [2.05, 4.69) is 42.4 Å². The van der Waals surface area contributed by atoms with Gasteiger partial charge in [0, 0.05) is 38.3 Å². The van der Waals surface area contributed by atoms with Crippen molar-refractivity contribution < 1.29 is 17.8 Å². The van der Waals surface area contributed by atoms with Gasteiger partial charge in [0.05, 0.1) is 23.0 Å². The summed E-state index contributed by atoms with van der Waals surface area (Å²) in [7, 11) is 2.05. The van der Waals surface area contributed by atoms with Crippen molar-refractivity contribution in [3.63, 3.8) is 0 Å². The van der Waals surface area contributed by atoms with Gasteiger partial charge < -0.3 is 15.1 Å². The minimum atomic E-state index is -4.50. The predicted octanol–water partition coefficient (Wildman–Crippen LogP) is 3.55. The Labute approximate surface area is 181 Å². The molecule has 1 aliphatic heterocycles. The normalized spacial score (nSPS) is 15.6. The molecule has 1 N–H and O–H groups in total. The molecule has 2 aromatic heterocycles. The monoisotopic (exact) mass is 443 g/mol. The number of hydrogen-bond acceptors (Lipinski definition) is 8. The van der Waals surface area contributed by atoms with Crippen molar-refractivity contribution in [2.24, 2.45) is 0 Å². The molecule has 0 spiro atoms. The van der Waals surface area contributed by atoms with Gasteiger partial charge in [-0.15, -0.1) is 0 Å². The Kier molecular flexibility index (Phi) is 5.04. The number of alkyl halides is 3. The molecule has 4 aromatic rings. The van der Waals surface area contributed by atoms with Crippen LogP contribution < -0.4 is 10.2 Å². The lowest BCUT2D eigenvalue weighted by atomic mass is 10.1. The third kappa shape index (κ3) is 3.91. The average Bonchev–Trinajstić information content (AvgIpc) is 3.26. The molecule has 11 heteroatoms. The van der Waals surface area contributed by atoms with Gasteiger partial charge >= 0.3 is 6.18 Å². The fraction of sp³-hybridized carbons (Fsp3) is 0.333. The Bertz CT molecular complexity index is 1270. The molecule has 0 bridgehead atoms. The molecule has 5 rings (SSSR count). The fourth-order valence-corrected chi connectivity index (χ4v) is 3.79. The van der Waals surface area contributed by atoms with E-state index >= 15 is 0 Å². The lowest BCUT2D eigenvalue weighted by molar-refractivity contribution is -0.137. The number of nitrogens with one attached hydrogen (secondary N) is 1. The van der Waals surface area contributed by atoms with Gasteiger partial charge in [-0.25, -0.2) is 9.61 Å². The fourth-order valence-electron chi connectivity index (χ4n) is 3.79. The van der Waals surface area contributed by atoms with Crippen molar-refractivity contribution in [2.45, 2.75) is 12.7 Å². The van der Waals surface area contributed by atoms with Gasteiger partial charge in [0.2, 0.25) is 0 Å². The van der Waals surface area contributed by atoms with Crippen LogP contribution in [0.3, 0.4) is 0 Å². The minimum Gasteiger partial charge on any atom is -0.379 e. The molecule has 166 valence electrons. The summed E-state index contributed by atoms with van der Waals surface area (Å²) < 4.78 is 45.3. The lowest BCUT2D eigenvalue weighted by Crippen LogP contribution is -2.44. The van der Waals surface area contributed by atoms with E-state index in [9.17, 15) is 13.2 Å². The largest absolute Gasteiger partial charge is 0.416 e. The molecule has 1 saturated heterocycles. The summed E-state index contributed by atoms with van der Waals surface area (Å²) in [6.45, 7) is 3.55. The summed E-state index contributed by atoms with van der Waals surface area (Å²) in [5, 5.41) is 10.8. The summed E-state index contributed by atoms with van der Waals surface area (Å²) in [4.78, 5) is 13.3. The van der Waals surface area contributed by atoms with Gasteiger partial charge in [-0.1, -0.05) is 12.1 Å². The maximum absolute atomic E-state index is 13.5. The molecule has 3 heterocycles. The van der Waals surface area contributed by atoms with Crippen molar-refractivity contribution in [1.82, 2.24) is 25.2 Å². The number of piperazine rings is 1. The summed E-state index contributed by atoms with van der Waals surface area (Å²) in [6.07, 6.45) is -2.96. The molecule has 0 radical (unpaired) electrons. The Morgan fingerprint density at radius 3 is 2.62 bits per heavy atom. The molecule has 2 aromatic carbocycles. The van der Waals surface area contributed by atoms with Crippen LogP contribution in [-0.4, -0.2) is 58.4 Å². The maximum Gasteiger partial charge on any atom is 0.416 e. The number of benzene rings is 2. The van der Waals surface area contributed by atoms with Crippen molar-refractivity contribution in [1.29, 1.82) is 0 Å². The smallest absolute Gasteiger partial charge is 0.379 e. The molecule has 0 atom stereocenters. The second-order valence-corrected chi connectivity index (χ2v) is 7.81. The number of anilines is 2. The number of likely N-dealkylation sites (N-methyl/N-ethyl adjacent to an activating group) is 1. The number of aromatic nitrogens is 4. The second-order valence-electron chi connectivity index (χ2n) is 7.81. The highest BCUT2D eigenvalue weighted by Crippen LogP contribution is 2.35. The lowest BCUT2D eigenvalue weighted by Gasteiger charge is -2.33. The molecule has 0 saturated carbocycles. The molecule has 8 nitrogen and oxygen atoms in total. The highest BCUT2D eigenvalue weighted by molar-refractivity contribution is 5.90. The Morgan fingerprint density at radius 2 is 1.84 bits per heavy atom. The molecule has 0 unspecified atom stereocenters. The van der Waals surface area contributed by atoms with Crippen molar-refractivity contribution in [3.05, 3.63) is 47.7 Å². The van der Waals surface area contributed by atoms with Gasteiger partial charge in [0.15, 0.2) is 0 Å². The van der Waals surface area contributed by atoms with Gasteiger partial charge in [-0.05, 0) is 35.6 Å². The van der Waals surface area contributed by atoms with Crippen molar-refractivity contribution >= 4 is 33.6 Å². The van der Waals surface area contributed by atoms with E-state index in [-0.39, 0.29) is 17.7 Å². The number of rotatable bonds is 4. The SMILES string of the molecule is CN1CCN(c2cnc3cc(C(F)(F)F)cc(NCc4cccc5nonc45)c3n2)CC1. The molecular formula is C21H20F3N7O. The number of hydrogen-bond donors (Lipinski definition) is 1. The zero-order chi connectivity index (χ0) is 22.3. The van der Waals surface area contributed by atoms with Crippen LogP contribution in [0.1, 0.15) is 11.1 Å². The van der Waals surface area contributed by atoms with E-state index in [1.807, 2.05) is 6.07 Å². The molecule has 32 heavy (non-hydrogen) atoms. The quantitative estimate of drug-likeness (QED) is 0.513. The number of nitrogens with zero attached hydrogens (tertiary/aromatic N) is 6. The zero-order valence-electron chi connectivity index (χ0n) is 17.2. The Hall–Kier alpha value is -3.47. The first-order valence-corrected chi connectivity index (χ1v) is 10.1. The van der Waals surface area contributed by atoms with E-state index in [4.69, 9.17) is 4.63 Å². The van der Waals surface area contributed by atoms with Gasteiger partial charge in [0.25, 0.3) is 0 Å². The van der Waals surface area contributed by atoms with E-state index < -0.39 is 11.7 Å². The van der Waals surface area contributed by atoms with Crippen LogP contribution in [-0.2, 0) is 12.7 Å². The van der Waals surface area contributed by atoms with Crippen LogP contribution in [0.25, 0.3) is 22.1 Å². The van der Waals surface area contributed by atoms with Crippen LogP contribution in [0.2, 0.25) is 0 Å². The van der Waals surface area contributed by atoms with E-state index in [0.717, 1.165) is 43.9 Å². The number of halogens is 3. The summed E-state index contributed by atoms with van der Waals surface area (Å²) in [5.41, 5.74) is 1.93. The topological polar surface area (TPSA) is 83.2 Å². The first-order valence-electron chi connectivity index (χ1n) is 10.1.